The van der Waals surface area contributed by atoms with Crippen LogP contribution in [-0.4, -0.2) is 67.5 Å². The van der Waals surface area contributed by atoms with Gasteiger partial charge >= 0.3 is 0 Å². The molecular weight excluding hydrogens is 486 g/mol. The highest BCUT2D eigenvalue weighted by molar-refractivity contribution is 7.90. The maximum Gasteiger partial charge on any atom is 0.261 e. The Balaban J connectivity index is 1.59. The van der Waals surface area contributed by atoms with Crippen LogP contribution in [0.4, 0.5) is 0 Å². The number of carbonyl (C=O) groups is 2. The lowest BCUT2D eigenvalue weighted by Crippen LogP contribution is -2.40. The number of amides is 2. The van der Waals surface area contributed by atoms with Gasteiger partial charge in [-0.3, -0.25) is 9.59 Å². The van der Waals surface area contributed by atoms with Crippen molar-refractivity contribution >= 4 is 33.0 Å². The van der Waals surface area contributed by atoms with Crippen LogP contribution in [0.5, 0.6) is 5.75 Å². The second-order valence-electron chi connectivity index (χ2n) is 8.37. The van der Waals surface area contributed by atoms with E-state index in [1.165, 1.54) is 24.5 Å². The van der Waals surface area contributed by atoms with E-state index in [4.69, 9.17) is 9.72 Å². The molecule has 2 aromatic carbocycles. The van der Waals surface area contributed by atoms with Crippen LogP contribution < -0.4 is 4.74 Å². The number of benzene rings is 2. The molecule has 8 nitrogen and oxygen atoms in total. The highest BCUT2D eigenvalue weighted by atomic mass is 32.2. The standard InChI is InChI=1S/C25H27N3O5S2/c1-18(29)27-12-11-23(28(14-13-27)24(30)16-33-20-8-4-3-5-9-20)25-26-22(17-34-25)19-7-6-10-21(15-19)35(2,31)32/h3-10,15,17,23H,11-14,16H2,1-2H3. The van der Waals surface area contributed by atoms with E-state index in [0.29, 0.717) is 43.1 Å². The molecule has 3 aromatic rings. The lowest BCUT2D eigenvalue weighted by atomic mass is 10.1. The van der Waals surface area contributed by atoms with E-state index in [-0.39, 0.29) is 29.4 Å². The predicted molar refractivity (Wildman–Crippen MR) is 134 cm³/mol. The number of aromatic nitrogens is 1. The van der Waals surface area contributed by atoms with E-state index >= 15 is 0 Å². The van der Waals surface area contributed by atoms with Gasteiger partial charge in [0.2, 0.25) is 5.91 Å². The second kappa shape index (κ2) is 10.6. The second-order valence-corrected chi connectivity index (χ2v) is 11.3. The zero-order valence-corrected chi connectivity index (χ0v) is 21.2. The first-order chi connectivity index (χ1) is 16.7. The fourth-order valence-electron chi connectivity index (χ4n) is 4.00. The van der Waals surface area contributed by atoms with Gasteiger partial charge in [-0.05, 0) is 30.7 Å². The lowest BCUT2D eigenvalue weighted by molar-refractivity contribution is -0.136. The van der Waals surface area contributed by atoms with Crippen molar-refractivity contribution in [3.05, 3.63) is 65.0 Å². The molecule has 0 saturated carbocycles. The van der Waals surface area contributed by atoms with Crippen molar-refractivity contribution in [2.45, 2.75) is 24.3 Å². The number of thiazole rings is 1. The predicted octanol–water partition coefficient (Wildman–Crippen LogP) is 3.41. The molecule has 1 fully saturated rings. The van der Waals surface area contributed by atoms with Crippen LogP contribution in [0.15, 0.2) is 64.9 Å². The summed E-state index contributed by atoms with van der Waals surface area (Å²) in [4.78, 5) is 33.7. The van der Waals surface area contributed by atoms with Crippen LogP contribution in [-0.2, 0) is 19.4 Å². The van der Waals surface area contributed by atoms with E-state index in [1.807, 2.05) is 29.6 Å². The third-order valence-corrected chi connectivity index (χ3v) is 7.95. The van der Waals surface area contributed by atoms with Crippen LogP contribution in [0.3, 0.4) is 0 Å². The Hall–Kier alpha value is -3.24. The number of carbonyl (C=O) groups excluding carboxylic acids is 2. The highest BCUT2D eigenvalue weighted by Gasteiger charge is 2.32. The normalized spacial score (nSPS) is 16.6. The van der Waals surface area contributed by atoms with E-state index in [9.17, 15) is 18.0 Å². The SMILES string of the molecule is CC(=O)N1CCC(c2nc(-c3cccc(S(C)(=O)=O)c3)cs2)N(C(=O)COc2ccccc2)CC1. The molecule has 0 bridgehead atoms. The monoisotopic (exact) mass is 513 g/mol. The Bertz CT molecular complexity index is 1310. The molecule has 10 heteroatoms. The number of ether oxygens (including phenoxy) is 1. The summed E-state index contributed by atoms with van der Waals surface area (Å²) in [7, 11) is -3.34. The quantitative estimate of drug-likeness (QED) is 0.501. The van der Waals surface area contributed by atoms with Crippen molar-refractivity contribution in [2.75, 3.05) is 32.5 Å². The fourth-order valence-corrected chi connectivity index (χ4v) is 5.65. The largest absolute Gasteiger partial charge is 0.484 e. The van der Waals surface area contributed by atoms with Crippen LogP contribution in [0.25, 0.3) is 11.3 Å². The molecular formula is C25H27N3O5S2. The molecule has 0 spiro atoms. The van der Waals surface area contributed by atoms with Gasteiger partial charge in [0.15, 0.2) is 16.4 Å². The molecule has 0 N–H and O–H groups in total. The van der Waals surface area contributed by atoms with Crippen LogP contribution >= 0.6 is 11.3 Å². The van der Waals surface area contributed by atoms with E-state index in [1.54, 1.807) is 40.1 Å². The summed E-state index contributed by atoms with van der Waals surface area (Å²) in [5, 5.41) is 2.61. The zero-order chi connectivity index (χ0) is 25.0. The molecule has 184 valence electrons. The summed E-state index contributed by atoms with van der Waals surface area (Å²) >= 11 is 1.42. The summed E-state index contributed by atoms with van der Waals surface area (Å²) in [5.41, 5.74) is 1.34. The Kier molecular flexibility index (Phi) is 7.51. The molecule has 0 radical (unpaired) electrons. The van der Waals surface area contributed by atoms with Gasteiger partial charge in [0.25, 0.3) is 5.91 Å². The van der Waals surface area contributed by atoms with Gasteiger partial charge in [0.1, 0.15) is 10.8 Å². The molecule has 1 aliphatic heterocycles. The Labute approximate surface area is 209 Å². The van der Waals surface area contributed by atoms with Crippen molar-refractivity contribution in [3.8, 4) is 17.0 Å². The van der Waals surface area contributed by atoms with Crippen molar-refractivity contribution in [1.82, 2.24) is 14.8 Å². The Morgan fingerprint density at radius 3 is 2.57 bits per heavy atom. The van der Waals surface area contributed by atoms with Crippen molar-refractivity contribution in [2.24, 2.45) is 0 Å². The minimum Gasteiger partial charge on any atom is -0.484 e. The average molecular weight is 514 g/mol. The maximum atomic E-state index is 13.2. The fraction of sp³-hybridized carbons (Fsp3) is 0.320. The van der Waals surface area contributed by atoms with Crippen molar-refractivity contribution in [3.63, 3.8) is 0 Å². The van der Waals surface area contributed by atoms with Gasteiger partial charge in [-0.15, -0.1) is 11.3 Å². The summed E-state index contributed by atoms with van der Waals surface area (Å²) < 4.78 is 29.6. The van der Waals surface area contributed by atoms with Crippen molar-refractivity contribution in [1.29, 1.82) is 0 Å². The number of rotatable bonds is 6. The number of nitrogens with zero attached hydrogens (tertiary/aromatic N) is 3. The molecule has 1 aliphatic rings. The van der Waals surface area contributed by atoms with E-state index in [0.717, 1.165) is 5.01 Å². The summed E-state index contributed by atoms with van der Waals surface area (Å²) in [6.07, 6.45) is 1.72. The molecule has 4 rings (SSSR count). The molecule has 35 heavy (non-hydrogen) atoms. The Morgan fingerprint density at radius 2 is 1.86 bits per heavy atom. The first kappa shape index (κ1) is 24.9. The summed E-state index contributed by atoms with van der Waals surface area (Å²) in [6, 6.07) is 15.5. The first-order valence-electron chi connectivity index (χ1n) is 11.2. The summed E-state index contributed by atoms with van der Waals surface area (Å²) in [5.74, 6) is 0.399. The molecule has 1 aromatic heterocycles. The third-order valence-electron chi connectivity index (χ3n) is 5.90. The number of sulfone groups is 1. The first-order valence-corrected chi connectivity index (χ1v) is 14.0. The number of hydrogen-bond donors (Lipinski definition) is 0. The molecule has 2 amide bonds. The smallest absolute Gasteiger partial charge is 0.261 e. The minimum atomic E-state index is -3.34. The Morgan fingerprint density at radius 1 is 1.09 bits per heavy atom. The molecule has 2 heterocycles. The molecule has 1 unspecified atom stereocenters. The average Bonchev–Trinajstić information content (AvgIpc) is 3.22. The molecule has 1 saturated heterocycles. The number of hydrogen-bond acceptors (Lipinski definition) is 7. The third kappa shape index (κ3) is 6.07. The van der Waals surface area contributed by atoms with Gasteiger partial charge in [0, 0.05) is 43.8 Å². The number of para-hydroxylation sites is 1. The van der Waals surface area contributed by atoms with Gasteiger partial charge in [0.05, 0.1) is 16.6 Å². The lowest BCUT2D eigenvalue weighted by Gasteiger charge is -2.28. The topological polar surface area (TPSA) is 96.9 Å². The van der Waals surface area contributed by atoms with Gasteiger partial charge < -0.3 is 14.5 Å². The molecule has 0 aliphatic carbocycles. The van der Waals surface area contributed by atoms with E-state index < -0.39 is 9.84 Å². The van der Waals surface area contributed by atoms with E-state index in [2.05, 4.69) is 0 Å². The van der Waals surface area contributed by atoms with Crippen LogP contribution in [0, 0.1) is 0 Å². The van der Waals surface area contributed by atoms with Crippen LogP contribution in [0.1, 0.15) is 24.4 Å². The van der Waals surface area contributed by atoms with Crippen molar-refractivity contribution < 1.29 is 22.7 Å². The zero-order valence-electron chi connectivity index (χ0n) is 19.6. The van der Waals surface area contributed by atoms with Crippen LogP contribution in [0.2, 0.25) is 0 Å². The van der Waals surface area contributed by atoms with Gasteiger partial charge in [-0.25, -0.2) is 13.4 Å². The summed E-state index contributed by atoms with van der Waals surface area (Å²) in [6.45, 7) is 2.75. The maximum absolute atomic E-state index is 13.2. The highest BCUT2D eigenvalue weighted by Crippen LogP contribution is 2.33. The van der Waals surface area contributed by atoms with Gasteiger partial charge in [-0.2, -0.15) is 0 Å². The van der Waals surface area contributed by atoms with Gasteiger partial charge in [-0.1, -0.05) is 30.3 Å². The minimum absolute atomic E-state index is 0.0315. The molecule has 1 atom stereocenters.